The molecule has 0 fully saturated rings. The van der Waals surface area contributed by atoms with Crippen molar-refractivity contribution in [1.29, 1.82) is 0 Å². The van der Waals surface area contributed by atoms with Gasteiger partial charge < -0.3 is 28.0 Å². The van der Waals surface area contributed by atoms with Gasteiger partial charge in [-0.05, 0) is 19.4 Å². The fourth-order valence-electron chi connectivity index (χ4n) is 0.632. The molecule has 0 bridgehead atoms. The largest absolute Gasteiger partial charge is 0.480 e. The third-order valence-corrected chi connectivity index (χ3v) is 1.45. The van der Waals surface area contributed by atoms with Crippen molar-refractivity contribution < 1.29 is 9.90 Å². The van der Waals surface area contributed by atoms with E-state index in [1.54, 1.807) is 0 Å². The Balaban J connectivity index is -0.000000249. The van der Waals surface area contributed by atoms with Gasteiger partial charge in [-0.15, -0.1) is 12.4 Å². The van der Waals surface area contributed by atoms with E-state index in [-0.39, 0.29) is 12.4 Å². The molecule has 0 heterocycles. The van der Waals surface area contributed by atoms with Crippen LogP contribution in [0.15, 0.2) is 0 Å². The Bertz CT molecular complexity index is 136. The smallest absolute Gasteiger partial charge is 0.320 e. The van der Waals surface area contributed by atoms with Crippen molar-refractivity contribution in [2.75, 3.05) is 19.6 Å². The van der Waals surface area contributed by atoms with Crippen molar-refractivity contribution in [3.05, 3.63) is 0 Å². The summed E-state index contributed by atoms with van der Waals surface area (Å²) in [6, 6.07) is -0.716. The summed E-state index contributed by atoms with van der Waals surface area (Å²) in [5.74, 6) is -0.933. The second-order valence-corrected chi connectivity index (χ2v) is 2.81. The lowest BCUT2D eigenvalue weighted by molar-refractivity contribution is -0.138. The van der Waals surface area contributed by atoms with Crippen LogP contribution in [0.5, 0.6) is 0 Å². The molecule has 0 saturated heterocycles. The molecule has 0 aromatic carbocycles. The van der Waals surface area contributed by atoms with Crippen LogP contribution in [0.4, 0.5) is 0 Å². The number of rotatable bonds is 6. The van der Waals surface area contributed by atoms with Crippen molar-refractivity contribution in [2.45, 2.75) is 25.3 Å². The van der Waals surface area contributed by atoms with Crippen molar-refractivity contribution in [2.24, 2.45) is 22.9 Å². The average Bonchev–Trinajstić information content (AvgIpc) is 2.18. The molecular weight excluding hydrogens is 220 g/mol. The summed E-state index contributed by atoms with van der Waals surface area (Å²) >= 11 is 0. The molecule has 0 aromatic heterocycles. The summed E-state index contributed by atoms with van der Waals surface area (Å²) in [6.07, 6.45) is 2.16. The summed E-state index contributed by atoms with van der Waals surface area (Å²) in [6.45, 7) is 1.80. The van der Waals surface area contributed by atoms with Gasteiger partial charge in [0.1, 0.15) is 6.04 Å². The molecule has 94 valence electrons. The Labute approximate surface area is 96.8 Å². The summed E-state index contributed by atoms with van der Waals surface area (Å²) in [5, 5.41) is 8.33. The van der Waals surface area contributed by atoms with Gasteiger partial charge in [0.15, 0.2) is 0 Å². The van der Waals surface area contributed by atoms with E-state index in [1.807, 2.05) is 0 Å². The topological polar surface area (TPSA) is 141 Å². The zero-order valence-electron chi connectivity index (χ0n) is 8.89. The fraction of sp³-hybridized carbons (Fsp3) is 0.875. The highest BCUT2D eigenvalue weighted by Crippen LogP contribution is 1.96. The van der Waals surface area contributed by atoms with Gasteiger partial charge in [-0.2, -0.15) is 0 Å². The Morgan fingerprint density at radius 2 is 1.53 bits per heavy atom. The SMILES string of the molecule is Cl.NCCCC[C@H](N)C(=O)O.NCCN. The van der Waals surface area contributed by atoms with Crippen LogP contribution in [0.1, 0.15) is 19.3 Å². The lowest BCUT2D eigenvalue weighted by Gasteiger charge is -2.03. The quantitative estimate of drug-likeness (QED) is 0.373. The Kier molecular flexibility index (Phi) is 21.5. The zero-order chi connectivity index (χ0) is 11.4. The number of carboxylic acid groups (broad SMARTS) is 1. The minimum atomic E-state index is -0.933. The van der Waals surface area contributed by atoms with Crippen LogP contribution in [-0.4, -0.2) is 36.8 Å². The van der Waals surface area contributed by atoms with Crippen LogP contribution in [-0.2, 0) is 4.79 Å². The molecule has 15 heavy (non-hydrogen) atoms. The van der Waals surface area contributed by atoms with E-state index in [0.29, 0.717) is 26.1 Å². The molecular formula is C8H23ClN4O2. The highest BCUT2D eigenvalue weighted by atomic mass is 35.5. The van der Waals surface area contributed by atoms with Crippen molar-refractivity contribution in [3.63, 3.8) is 0 Å². The first-order chi connectivity index (χ1) is 6.59. The normalized spacial score (nSPS) is 10.7. The second-order valence-electron chi connectivity index (χ2n) is 2.81. The first-order valence-corrected chi connectivity index (χ1v) is 4.68. The van der Waals surface area contributed by atoms with Gasteiger partial charge in [-0.1, -0.05) is 6.42 Å². The number of unbranched alkanes of at least 4 members (excludes halogenated alkanes) is 1. The van der Waals surface area contributed by atoms with Gasteiger partial charge >= 0.3 is 5.97 Å². The number of carboxylic acids is 1. The molecule has 0 rings (SSSR count). The lowest BCUT2D eigenvalue weighted by atomic mass is 10.1. The molecule has 1 atom stereocenters. The highest BCUT2D eigenvalue weighted by Gasteiger charge is 2.09. The van der Waals surface area contributed by atoms with Gasteiger partial charge in [0.2, 0.25) is 0 Å². The molecule has 0 aliphatic carbocycles. The molecule has 9 N–H and O–H groups in total. The van der Waals surface area contributed by atoms with Crippen LogP contribution >= 0.6 is 12.4 Å². The Hall–Kier alpha value is -0.400. The minimum Gasteiger partial charge on any atom is -0.480 e. The van der Waals surface area contributed by atoms with Crippen molar-refractivity contribution >= 4 is 18.4 Å². The zero-order valence-corrected chi connectivity index (χ0v) is 9.71. The predicted molar refractivity (Wildman–Crippen MR) is 63.9 cm³/mol. The van der Waals surface area contributed by atoms with E-state index in [1.165, 1.54) is 0 Å². The second kappa shape index (κ2) is 16.0. The van der Waals surface area contributed by atoms with E-state index in [2.05, 4.69) is 0 Å². The standard InChI is InChI=1S/C6H14N2O2.C2H8N2.ClH/c7-4-2-1-3-5(8)6(9)10;3-1-2-4;/h5H,1-4,7-8H2,(H,9,10);1-4H2;1H/t5-;;/m0../s1. The molecule has 0 aliphatic heterocycles. The predicted octanol–water partition coefficient (Wildman–Crippen LogP) is -1.15. The molecule has 0 amide bonds. The van der Waals surface area contributed by atoms with Crippen LogP contribution in [0, 0.1) is 0 Å². The van der Waals surface area contributed by atoms with E-state index < -0.39 is 12.0 Å². The first kappa shape index (κ1) is 20.1. The summed E-state index contributed by atoms with van der Waals surface area (Å²) in [4.78, 5) is 10.1. The fourth-order valence-corrected chi connectivity index (χ4v) is 0.632. The van der Waals surface area contributed by atoms with E-state index >= 15 is 0 Å². The molecule has 7 heteroatoms. The van der Waals surface area contributed by atoms with Crippen molar-refractivity contribution in [1.82, 2.24) is 0 Å². The van der Waals surface area contributed by atoms with Crippen molar-refractivity contribution in [3.8, 4) is 0 Å². The first-order valence-electron chi connectivity index (χ1n) is 4.68. The molecule has 0 saturated carbocycles. The maximum absolute atomic E-state index is 10.1. The number of halogens is 1. The average molecular weight is 243 g/mol. The highest BCUT2D eigenvalue weighted by molar-refractivity contribution is 5.85. The number of hydrogen-bond acceptors (Lipinski definition) is 5. The molecule has 6 nitrogen and oxygen atoms in total. The summed E-state index contributed by atoms with van der Waals surface area (Å²) in [5.41, 5.74) is 20.2. The summed E-state index contributed by atoms with van der Waals surface area (Å²) < 4.78 is 0. The number of hydrogen-bond donors (Lipinski definition) is 5. The number of aliphatic carboxylic acids is 1. The third kappa shape index (κ3) is 19.9. The Morgan fingerprint density at radius 1 is 1.07 bits per heavy atom. The van der Waals surface area contributed by atoms with E-state index in [4.69, 9.17) is 28.0 Å². The molecule has 0 aliphatic rings. The molecule has 0 spiro atoms. The van der Waals surface area contributed by atoms with Gasteiger partial charge in [0.05, 0.1) is 0 Å². The minimum absolute atomic E-state index is 0. The van der Waals surface area contributed by atoms with Crippen LogP contribution in [0.25, 0.3) is 0 Å². The number of carbonyl (C=O) groups is 1. The van der Waals surface area contributed by atoms with Crippen LogP contribution in [0.3, 0.4) is 0 Å². The summed E-state index contributed by atoms with van der Waals surface area (Å²) in [7, 11) is 0. The lowest BCUT2D eigenvalue weighted by Crippen LogP contribution is -2.29. The third-order valence-electron chi connectivity index (χ3n) is 1.45. The monoisotopic (exact) mass is 242 g/mol. The van der Waals surface area contributed by atoms with E-state index in [0.717, 1.165) is 12.8 Å². The van der Waals surface area contributed by atoms with Crippen LogP contribution in [0.2, 0.25) is 0 Å². The van der Waals surface area contributed by atoms with Crippen LogP contribution < -0.4 is 22.9 Å². The molecule has 0 radical (unpaired) electrons. The van der Waals surface area contributed by atoms with Gasteiger partial charge in [-0.25, -0.2) is 0 Å². The van der Waals surface area contributed by atoms with E-state index in [9.17, 15) is 4.79 Å². The Morgan fingerprint density at radius 3 is 1.80 bits per heavy atom. The van der Waals surface area contributed by atoms with Gasteiger partial charge in [0, 0.05) is 13.1 Å². The maximum atomic E-state index is 10.1. The molecule has 0 aromatic rings. The maximum Gasteiger partial charge on any atom is 0.320 e. The van der Waals surface area contributed by atoms with Gasteiger partial charge in [0.25, 0.3) is 0 Å². The number of nitrogens with two attached hydrogens (primary N) is 4. The molecule has 0 unspecified atom stereocenters. The van der Waals surface area contributed by atoms with Gasteiger partial charge in [-0.3, -0.25) is 4.79 Å².